The fraction of sp³-hybridized carbons (Fsp3) is 0.882. The fourth-order valence-corrected chi connectivity index (χ4v) is 3.80. The zero-order valence-electron chi connectivity index (χ0n) is 14.0. The minimum absolute atomic E-state index is 0.0353. The molecule has 2 amide bonds. The first-order chi connectivity index (χ1) is 9.97. The fourth-order valence-electron chi connectivity index (χ4n) is 3.80. The highest BCUT2D eigenvalue weighted by atomic mass is 16.2. The van der Waals surface area contributed by atoms with Crippen molar-refractivity contribution >= 4 is 11.8 Å². The Labute approximate surface area is 128 Å². The van der Waals surface area contributed by atoms with Gasteiger partial charge in [0, 0.05) is 6.54 Å². The van der Waals surface area contributed by atoms with Gasteiger partial charge in [-0.3, -0.25) is 9.59 Å². The maximum absolute atomic E-state index is 13.0. The summed E-state index contributed by atoms with van der Waals surface area (Å²) < 4.78 is 0. The van der Waals surface area contributed by atoms with Crippen molar-refractivity contribution < 1.29 is 9.59 Å². The van der Waals surface area contributed by atoms with Crippen molar-refractivity contribution in [3.8, 4) is 0 Å². The zero-order valence-corrected chi connectivity index (χ0v) is 14.0. The molecular weight excluding hydrogens is 264 g/mol. The Morgan fingerprint density at radius 2 is 1.76 bits per heavy atom. The summed E-state index contributed by atoms with van der Waals surface area (Å²) in [6.07, 6.45) is 6.76. The number of piperazine rings is 1. The largest absolute Gasteiger partial charge is 0.340 e. The molecular formula is C17H30N2O2. The van der Waals surface area contributed by atoms with Crippen molar-refractivity contribution in [1.29, 1.82) is 0 Å². The molecule has 0 aromatic heterocycles. The smallest absolute Gasteiger partial charge is 0.249 e. The number of rotatable bonds is 7. The molecule has 1 saturated heterocycles. The van der Waals surface area contributed by atoms with Gasteiger partial charge in [-0.15, -0.1) is 0 Å². The maximum atomic E-state index is 13.0. The minimum atomic E-state index is -0.676. The van der Waals surface area contributed by atoms with E-state index in [1.807, 2.05) is 25.7 Å². The molecule has 1 aliphatic heterocycles. The summed E-state index contributed by atoms with van der Waals surface area (Å²) in [6.45, 7) is 8.95. The molecule has 1 heterocycles. The third-order valence-corrected chi connectivity index (χ3v) is 5.55. The molecule has 1 aliphatic carbocycles. The van der Waals surface area contributed by atoms with Crippen LogP contribution in [-0.4, -0.2) is 34.8 Å². The lowest BCUT2D eigenvalue weighted by molar-refractivity contribution is -0.156. The molecule has 1 saturated carbocycles. The summed E-state index contributed by atoms with van der Waals surface area (Å²) in [4.78, 5) is 27.4. The number of nitrogens with zero attached hydrogens (tertiary/aromatic N) is 1. The third kappa shape index (κ3) is 2.82. The van der Waals surface area contributed by atoms with E-state index in [0.29, 0.717) is 24.7 Å². The first kappa shape index (κ1) is 16.3. The third-order valence-electron chi connectivity index (χ3n) is 5.55. The summed E-state index contributed by atoms with van der Waals surface area (Å²) in [5.74, 6) is 0.175. The molecule has 0 aromatic carbocycles. The van der Waals surface area contributed by atoms with Crippen molar-refractivity contribution in [2.45, 2.75) is 84.2 Å². The van der Waals surface area contributed by atoms with Crippen LogP contribution in [0.5, 0.6) is 0 Å². The molecule has 2 rings (SSSR count). The highest BCUT2D eigenvalue weighted by Gasteiger charge is 2.52. The number of carbonyl (C=O) groups is 2. The minimum Gasteiger partial charge on any atom is -0.340 e. The van der Waals surface area contributed by atoms with Gasteiger partial charge in [-0.2, -0.15) is 0 Å². The van der Waals surface area contributed by atoms with E-state index in [2.05, 4.69) is 12.2 Å². The van der Waals surface area contributed by atoms with Crippen LogP contribution in [0.15, 0.2) is 0 Å². The highest BCUT2D eigenvalue weighted by molar-refractivity contribution is 5.99. The summed E-state index contributed by atoms with van der Waals surface area (Å²) in [6, 6.07) is -0.280. The number of hydrogen-bond donors (Lipinski definition) is 1. The monoisotopic (exact) mass is 294 g/mol. The zero-order chi connectivity index (χ0) is 15.7. The molecule has 4 nitrogen and oxygen atoms in total. The molecule has 4 heteroatoms. The van der Waals surface area contributed by atoms with E-state index in [1.165, 1.54) is 19.3 Å². The van der Waals surface area contributed by atoms with Crippen molar-refractivity contribution in [3.05, 3.63) is 0 Å². The van der Waals surface area contributed by atoms with Gasteiger partial charge in [0.25, 0.3) is 0 Å². The van der Waals surface area contributed by atoms with Crippen LogP contribution in [0.3, 0.4) is 0 Å². The van der Waals surface area contributed by atoms with E-state index in [1.54, 1.807) is 0 Å². The second kappa shape index (κ2) is 5.98. The molecule has 0 spiro atoms. The second-order valence-corrected chi connectivity index (χ2v) is 6.89. The van der Waals surface area contributed by atoms with E-state index in [4.69, 9.17) is 0 Å². The average molecular weight is 294 g/mol. The predicted molar refractivity (Wildman–Crippen MR) is 83.8 cm³/mol. The van der Waals surface area contributed by atoms with Crippen molar-refractivity contribution in [1.82, 2.24) is 10.2 Å². The molecule has 1 unspecified atom stereocenters. The Kier molecular flexibility index (Phi) is 4.64. The van der Waals surface area contributed by atoms with Crippen LogP contribution in [0.1, 0.15) is 72.6 Å². The van der Waals surface area contributed by atoms with Crippen molar-refractivity contribution in [3.63, 3.8) is 0 Å². The number of carbonyl (C=O) groups excluding carboxylic acids is 2. The molecule has 0 bridgehead atoms. The molecule has 1 atom stereocenters. The first-order valence-electron chi connectivity index (χ1n) is 8.60. The summed E-state index contributed by atoms with van der Waals surface area (Å²) >= 11 is 0. The molecule has 0 aromatic rings. The molecule has 2 aliphatic rings. The van der Waals surface area contributed by atoms with Crippen molar-refractivity contribution in [2.75, 3.05) is 6.54 Å². The van der Waals surface area contributed by atoms with Gasteiger partial charge in [-0.1, -0.05) is 34.1 Å². The maximum Gasteiger partial charge on any atom is 0.249 e. The normalized spacial score (nSPS) is 26.7. The van der Waals surface area contributed by atoms with Crippen LogP contribution in [0.4, 0.5) is 0 Å². The van der Waals surface area contributed by atoms with E-state index >= 15 is 0 Å². The van der Waals surface area contributed by atoms with Gasteiger partial charge < -0.3 is 10.2 Å². The number of hydrogen-bond acceptors (Lipinski definition) is 2. The Bertz CT molecular complexity index is 411. The number of nitrogens with one attached hydrogen (secondary N) is 1. The van der Waals surface area contributed by atoms with E-state index in [0.717, 1.165) is 13.0 Å². The topological polar surface area (TPSA) is 49.4 Å². The molecule has 1 N–H and O–H groups in total. The van der Waals surface area contributed by atoms with Crippen molar-refractivity contribution in [2.24, 2.45) is 5.41 Å². The van der Waals surface area contributed by atoms with E-state index < -0.39 is 5.54 Å². The Hall–Kier alpha value is -1.06. The van der Waals surface area contributed by atoms with Crippen LogP contribution in [0.25, 0.3) is 0 Å². The summed E-state index contributed by atoms with van der Waals surface area (Å²) in [5.41, 5.74) is -0.381. The van der Waals surface area contributed by atoms with Gasteiger partial charge in [-0.05, 0) is 43.9 Å². The Morgan fingerprint density at radius 1 is 1.14 bits per heavy atom. The van der Waals surface area contributed by atoms with Gasteiger partial charge >= 0.3 is 0 Å². The van der Waals surface area contributed by atoms with Crippen LogP contribution in [0, 0.1) is 5.41 Å². The van der Waals surface area contributed by atoms with Crippen LogP contribution in [-0.2, 0) is 9.59 Å². The molecule has 120 valence electrons. The highest BCUT2D eigenvalue weighted by Crippen LogP contribution is 2.51. The average Bonchev–Trinajstić information content (AvgIpc) is 3.23. The van der Waals surface area contributed by atoms with Gasteiger partial charge in [0.2, 0.25) is 11.8 Å². The predicted octanol–water partition coefficient (Wildman–Crippen LogP) is 2.86. The van der Waals surface area contributed by atoms with Gasteiger partial charge in [-0.25, -0.2) is 0 Å². The van der Waals surface area contributed by atoms with E-state index in [-0.39, 0.29) is 17.9 Å². The van der Waals surface area contributed by atoms with Crippen LogP contribution < -0.4 is 5.32 Å². The number of amides is 2. The SMILES string of the molecule is CCCC1(CN2C(=O)C(CC)(CC)NC(=O)C2CC)CC1. The second-order valence-electron chi connectivity index (χ2n) is 6.89. The van der Waals surface area contributed by atoms with Gasteiger partial charge in [0.05, 0.1) is 0 Å². The Balaban J connectivity index is 2.25. The van der Waals surface area contributed by atoms with E-state index in [9.17, 15) is 9.59 Å². The quantitative estimate of drug-likeness (QED) is 0.785. The standard InChI is InChI=1S/C17H30N2O2/c1-5-9-16(10-11-16)12-19-13(6-2)14(20)18-17(7-3,8-4)15(19)21/h13H,5-12H2,1-4H3,(H,18,20). The van der Waals surface area contributed by atoms with Gasteiger partial charge in [0.15, 0.2) is 0 Å². The molecule has 2 fully saturated rings. The van der Waals surface area contributed by atoms with Crippen LogP contribution >= 0.6 is 0 Å². The van der Waals surface area contributed by atoms with Gasteiger partial charge in [0.1, 0.15) is 11.6 Å². The summed E-state index contributed by atoms with van der Waals surface area (Å²) in [5, 5.41) is 3.02. The lowest BCUT2D eigenvalue weighted by Crippen LogP contribution is -2.70. The first-order valence-corrected chi connectivity index (χ1v) is 8.60. The molecule has 21 heavy (non-hydrogen) atoms. The molecule has 0 radical (unpaired) electrons. The summed E-state index contributed by atoms with van der Waals surface area (Å²) in [7, 11) is 0. The lowest BCUT2D eigenvalue weighted by Gasteiger charge is -2.46. The van der Waals surface area contributed by atoms with Crippen LogP contribution in [0.2, 0.25) is 0 Å². The lowest BCUT2D eigenvalue weighted by atomic mass is 9.85. The Morgan fingerprint density at radius 3 is 2.19 bits per heavy atom.